The van der Waals surface area contributed by atoms with Crippen LogP contribution in [0.4, 0.5) is 10.1 Å². The number of amides is 1. The van der Waals surface area contributed by atoms with Crippen molar-refractivity contribution in [3.63, 3.8) is 0 Å². The summed E-state index contributed by atoms with van der Waals surface area (Å²) in [5.41, 5.74) is 6.13. The van der Waals surface area contributed by atoms with Crippen LogP contribution in [0, 0.1) is 17.7 Å². The van der Waals surface area contributed by atoms with Gasteiger partial charge in [-0.25, -0.2) is 4.39 Å². The van der Waals surface area contributed by atoms with E-state index in [0.717, 1.165) is 0 Å². The highest BCUT2D eigenvalue weighted by atomic mass is 19.1. The lowest BCUT2D eigenvalue weighted by Gasteiger charge is -2.05. The van der Waals surface area contributed by atoms with Gasteiger partial charge in [-0.15, -0.1) is 0 Å². The summed E-state index contributed by atoms with van der Waals surface area (Å²) in [5.74, 6) is 4.26. The van der Waals surface area contributed by atoms with Crippen molar-refractivity contribution in [1.82, 2.24) is 10.2 Å². The fourth-order valence-electron chi connectivity index (χ4n) is 1.47. The van der Waals surface area contributed by atoms with Gasteiger partial charge in [0.15, 0.2) is 0 Å². The maximum Gasteiger partial charge on any atom is 0.257 e. The second-order valence-electron chi connectivity index (χ2n) is 3.79. The van der Waals surface area contributed by atoms with Gasteiger partial charge < -0.3 is 11.1 Å². The van der Waals surface area contributed by atoms with Crippen molar-refractivity contribution in [2.24, 2.45) is 5.73 Å². The highest BCUT2D eigenvalue weighted by molar-refractivity contribution is 6.03. The molecule has 5 nitrogen and oxygen atoms in total. The van der Waals surface area contributed by atoms with Crippen LogP contribution >= 0.6 is 0 Å². The Labute approximate surface area is 115 Å². The molecule has 0 spiro atoms. The van der Waals surface area contributed by atoms with Crippen molar-refractivity contribution < 1.29 is 9.18 Å². The number of halogens is 1. The molecule has 3 N–H and O–H groups in total. The van der Waals surface area contributed by atoms with Crippen LogP contribution < -0.4 is 11.1 Å². The minimum atomic E-state index is -0.517. The molecule has 20 heavy (non-hydrogen) atoms. The zero-order valence-corrected chi connectivity index (χ0v) is 10.4. The minimum Gasteiger partial charge on any atom is -0.322 e. The molecule has 1 heterocycles. The van der Waals surface area contributed by atoms with Crippen molar-refractivity contribution in [3.05, 3.63) is 53.6 Å². The summed E-state index contributed by atoms with van der Waals surface area (Å²) in [6, 6.07) is 5.77. The van der Waals surface area contributed by atoms with E-state index in [4.69, 9.17) is 5.73 Å². The molecule has 2 rings (SSSR count). The van der Waals surface area contributed by atoms with Gasteiger partial charge in [-0.2, -0.15) is 10.2 Å². The number of nitrogens with two attached hydrogens (primary N) is 1. The number of benzene rings is 1. The molecule has 0 saturated carbocycles. The summed E-state index contributed by atoms with van der Waals surface area (Å²) >= 11 is 0. The van der Waals surface area contributed by atoms with Crippen molar-refractivity contribution in [2.75, 3.05) is 11.9 Å². The zero-order valence-electron chi connectivity index (χ0n) is 10.4. The Morgan fingerprint density at radius 1 is 1.35 bits per heavy atom. The van der Waals surface area contributed by atoms with E-state index in [9.17, 15) is 9.18 Å². The number of anilines is 1. The molecule has 0 saturated heterocycles. The van der Waals surface area contributed by atoms with Gasteiger partial charge in [0, 0.05) is 5.69 Å². The van der Waals surface area contributed by atoms with Crippen LogP contribution in [-0.2, 0) is 0 Å². The van der Waals surface area contributed by atoms with Crippen LogP contribution in [-0.4, -0.2) is 22.6 Å². The first-order valence-corrected chi connectivity index (χ1v) is 5.77. The highest BCUT2D eigenvalue weighted by Crippen LogP contribution is 2.14. The van der Waals surface area contributed by atoms with Gasteiger partial charge in [0.25, 0.3) is 5.91 Å². The van der Waals surface area contributed by atoms with E-state index in [1.807, 2.05) is 0 Å². The molecular weight excluding hydrogens is 259 g/mol. The maximum absolute atomic E-state index is 13.7. The lowest BCUT2D eigenvalue weighted by atomic mass is 10.2. The van der Waals surface area contributed by atoms with E-state index in [-0.39, 0.29) is 18.0 Å². The van der Waals surface area contributed by atoms with Crippen LogP contribution in [0.2, 0.25) is 0 Å². The zero-order chi connectivity index (χ0) is 14.4. The molecular formula is C14H11FN4O. The van der Waals surface area contributed by atoms with Crippen molar-refractivity contribution in [1.29, 1.82) is 0 Å². The maximum atomic E-state index is 13.7. The molecule has 1 aromatic heterocycles. The summed E-state index contributed by atoms with van der Waals surface area (Å²) in [6.45, 7) is 0.160. The van der Waals surface area contributed by atoms with Crippen LogP contribution in [0.5, 0.6) is 0 Å². The summed E-state index contributed by atoms with van der Waals surface area (Å²) in [5, 5.41) is 9.73. The molecule has 1 amide bonds. The first kappa shape index (κ1) is 13.6. The second kappa shape index (κ2) is 6.41. The summed E-state index contributed by atoms with van der Waals surface area (Å²) < 4.78 is 13.7. The van der Waals surface area contributed by atoms with Crippen LogP contribution in [0.1, 0.15) is 15.9 Å². The van der Waals surface area contributed by atoms with Gasteiger partial charge >= 0.3 is 0 Å². The third-order valence-electron chi connectivity index (χ3n) is 2.40. The number of carbonyl (C=O) groups is 1. The molecule has 0 unspecified atom stereocenters. The number of rotatable bonds is 2. The lowest BCUT2D eigenvalue weighted by Crippen LogP contribution is -2.12. The molecule has 0 radical (unpaired) electrons. The molecule has 100 valence electrons. The number of nitrogens with one attached hydrogen (secondary N) is 1. The van der Waals surface area contributed by atoms with E-state index < -0.39 is 5.82 Å². The van der Waals surface area contributed by atoms with E-state index in [1.165, 1.54) is 30.6 Å². The van der Waals surface area contributed by atoms with E-state index in [2.05, 4.69) is 27.4 Å². The predicted octanol–water partition coefficient (Wildman–Crippen LogP) is 1.18. The molecule has 6 heteroatoms. The van der Waals surface area contributed by atoms with E-state index in [0.29, 0.717) is 11.3 Å². The average molecular weight is 270 g/mol. The monoisotopic (exact) mass is 270 g/mol. The summed E-state index contributed by atoms with van der Waals surface area (Å²) in [4.78, 5) is 11.8. The molecule has 0 fully saturated rings. The largest absolute Gasteiger partial charge is 0.322 e. The standard InChI is InChI=1S/C14H11FN4O/c15-13-8-12(4-3-10(13)2-1-6-16)19-14(20)11-5-7-17-18-9-11/h3-5,7-9H,6,16H2,(H,19,20). The Bertz CT molecular complexity index is 677. The quantitative estimate of drug-likeness (QED) is 0.803. The van der Waals surface area contributed by atoms with Gasteiger partial charge in [-0.3, -0.25) is 4.79 Å². The molecule has 1 aromatic carbocycles. The van der Waals surface area contributed by atoms with Gasteiger partial charge in [0.2, 0.25) is 0 Å². The third-order valence-corrected chi connectivity index (χ3v) is 2.40. The Morgan fingerprint density at radius 3 is 2.85 bits per heavy atom. The molecule has 0 aliphatic carbocycles. The Morgan fingerprint density at radius 2 is 2.20 bits per heavy atom. The number of hydrogen-bond acceptors (Lipinski definition) is 4. The first-order valence-electron chi connectivity index (χ1n) is 5.77. The normalized spacial score (nSPS) is 9.50. The fourth-order valence-corrected chi connectivity index (χ4v) is 1.47. The van der Waals surface area contributed by atoms with Crippen LogP contribution in [0.15, 0.2) is 36.7 Å². The number of aromatic nitrogens is 2. The van der Waals surface area contributed by atoms with Gasteiger partial charge in [-0.1, -0.05) is 11.8 Å². The predicted molar refractivity (Wildman–Crippen MR) is 72.3 cm³/mol. The highest BCUT2D eigenvalue weighted by Gasteiger charge is 2.07. The van der Waals surface area contributed by atoms with Gasteiger partial charge in [-0.05, 0) is 24.3 Å². The minimum absolute atomic E-state index is 0.160. The summed E-state index contributed by atoms with van der Waals surface area (Å²) in [6.07, 6.45) is 2.73. The Kier molecular flexibility index (Phi) is 4.37. The number of nitrogens with zero attached hydrogens (tertiary/aromatic N) is 2. The molecule has 0 aliphatic heterocycles. The first-order chi connectivity index (χ1) is 9.70. The van der Waals surface area contributed by atoms with Crippen molar-refractivity contribution >= 4 is 11.6 Å². The topological polar surface area (TPSA) is 80.9 Å². The van der Waals surface area contributed by atoms with Crippen LogP contribution in [0.3, 0.4) is 0 Å². The number of carbonyl (C=O) groups excluding carboxylic acids is 1. The van der Waals surface area contributed by atoms with Gasteiger partial charge in [0.1, 0.15) is 5.82 Å². The van der Waals surface area contributed by atoms with E-state index in [1.54, 1.807) is 6.07 Å². The molecule has 2 aromatic rings. The van der Waals surface area contributed by atoms with Crippen LogP contribution in [0.25, 0.3) is 0 Å². The third kappa shape index (κ3) is 3.37. The number of hydrogen-bond donors (Lipinski definition) is 2. The van der Waals surface area contributed by atoms with Crippen molar-refractivity contribution in [2.45, 2.75) is 0 Å². The molecule has 0 atom stereocenters. The Balaban J connectivity index is 2.15. The second-order valence-corrected chi connectivity index (χ2v) is 3.79. The van der Waals surface area contributed by atoms with Crippen molar-refractivity contribution in [3.8, 4) is 11.8 Å². The van der Waals surface area contributed by atoms with Gasteiger partial charge in [0.05, 0.1) is 30.1 Å². The average Bonchev–Trinajstić information content (AvgIpc) is 2.47. The summed E-state index contributed by atoms with van der Waals surface area (Å²) in [7, 11) is 0. The molecule has 0 bridgehead atoms. The Hall–Kier alpha value is -2.78. The SMILES string of the molecule is NCC#Cc1ccc(NC(=O)c2ccnnc2)cc1F. The lowest BCUT2D eigenvalue weighted by molar-refractivity contribution is 0.102. The smallest absolute Gasteiger partial charge is 0.257 e. The van der Waals surface area contributed by atoms with E-state index >= 15 is 0 Å². The fraction of sp³-hybridized carbons (Fsp3) is 0.0714. The molecule has 0 aliphatic rings.